The predicted molar refractivity (Wildman–Crippen MR) is 110 cm³/mol. The molecule has 2 heterocycles. The number of rotatable bonds is 7. The standard InChI is InChI=1S/C20H19ClF3N5O4/c1-12(7-13-9-28(11-25-13)19(31)32-2)26-17(30)10-33-18-8-16(20(22,23)24)27-29(18)15-6-4-3-5-14(15)21/h3-6,8-9,11-12H,7,10H2,1-2H3,(H,26,30)/t12-/m1/s1. The average molecular weight is 486 g/mol. The van der Waals surface area contributed by atoms with E-state index < -0.39 is 36.5 Å². The highest BCUT2D eigenvalue weighted by molar-refractivity contribution is 6.32. The van der Waals surface area contributed by atoms with Crippen molar-refractivity contribution < 1.29 is 32.2 Å². The highest BCUT2D eigenvalue weighted by Crippen LogP contribution is 2.33. The molecule has 0 aliphatic heterocycles. The number of aromatic nitrogens is 4. The fraction of sp³-hybridized carbons (Fsp3) is 0.300. The summed E-state index contributed by atoms with van der Waals surface area (Å²) in [6, 6.07) is 6.45. The Morgan fingerprint density at radius 1 is 1.27 bits per heavy atom. The first-order valence-electron chi connectivity index (χ1n) is 9.54. The SMILES string of the molecule is COC(=O)n1cnc(C[C@@H](C)NC(=O)COc2cc(C(F)(F)F)nn2-c2ccccc2Cl)c1. The first-order chi connectivity index (χ1) is 15.6. The molecule has 176 valence electrons. The molecule has 0 aliphatic rings. The Morgan fingerprint density at radius 2 is 2.00 bits per heavy atom. The number of carbonyl (C=O) groups excluding carboxylic acids is 2. The van der Waals surface area contributed by atoms with E-state index in [9.17, 15) is 22.8 Å². The zero-order chi connectivity index (χ0) is 24.2. The van der Waals surface area contributed by atoms with E-state index >= 15 is 0 Å². The van der Waals surface area contributed by atoms with Gasteiger partial charge in [0.05, 0.1) is 23.5 Å². The van der Waals surface area contributed by atoms with Crippen molar-refractivity contribution in [3.05, 3.63) is 59.3 Å². The summed E-state index contributed by atoms with van der Waals surface area (Å²) in [4.78, 5) is 27.8. The molecule has 0 saturated carbocycles. The van der Waals surface area contributed by atoms with Gasteiger partial charge in [0.15, 0.2) is 12.3 Å². The number of imidazole rings is 1. The molecular formula is C20H19ClF3N5O4. The van der Waals surface area contributed by atoms with Crippen LogP contribution in [0.5, 0.6) is 5.88 Å². The lowest BCUT2D eigenvalue weighted by molar-refractivity contribution is -0.141. The van der Waals surface area contributed by atoms with E-state index in [1.165, 1.54) is 31.8 Å². The maximum atomic E-state index is 13.2. The first-order valence-corrected chi connectivity index (χ1v) is 9.91. The third-order valence-electron chi connectivity index (χ3n) is 4.34. The molecule has 0 unspecified atom stereocenters. The zero-order valence-corrected chi connectivity index (χ0v) is 18.2. The second-order valence-electron chi connectivity index (χ2n) is 6.93. The Bertz CT molecular complexity index is 1140. The molecule has 33 heavy (non-hydrogen) atoms. The Balaban J connectivity index is 1.66. The maximum absolute atomic E-state index is 13.2. The summed E-state index contributed by atoms with van der Waals surface area (Å²) in [5.41, 5.74) is -0.493. The highest BCUT2D eigenvalue weighted by atomic mass is 35.5. The second-order valence-corrected chi connectivity index (χ2v) is 7.34. The van der Waals surface area contributed by atoms with Gasteiger partial charge in [0, 0.05) is 24.7 Å². The van der Waals surface area contributed by atoms with E-state index in [0.29, 0.717) is 18.2 Å². The van der Waals surface area contributed by atoms with Crippen LogP contribution in [0.15, 0.2) is 42.9 Å². The summed E-state index contributed by atoms with van der Waals surface area (Å²) in [6.07, 6.45) is -2.27. The maximum Gasteiger partial charge on any atom is 0.435 e. The normalized spacial score (nSPS) is 12.3. The van der Waals surface area contributed by atoms with Gasteiger partial charge in [-0.1, -0.05) is 23.7 Å². The minimum absolute atomic E-state index is 0.156. The molecule has 1 aromatic carbocycles. The molecule has 1 N–H and O–H groups in total. The number of methoxy groups -OCH3 is 1. The second kappa shape index (κ2) is 9.94. The quantitative estimate of drug-likeness (QED) is 0.550. The number of benzene rings is 1. The van der Waals surface area contributed by atoms with Crippen LogP contribution in [0.2, 0.25) is 5.02 Å². The minimum Gasteiger partial charge on any atom is -0.467 e. The lowest BCUT2D eigenvalue weighted by Gasteiger charge is -2.14. The average Bonchev–Trinajstić information content (AvgIpc) is 3.39. The third kappa shape index (κ3) is 6.04. The highest BCUT2D eigenvalue weighted by Gasteiger charge is 2.36. The molecule has 0 bridgehead atoms. The Labute approximate surface area is 191 Å². The van der Waals surface area contributed by atoms with E-state index in [1.54, 1.807) is 19.1 Å². The van der Waals surface area contributed by atoms with E-state index in [0.717, 1.165) is 9.25 Å². The molecule has 9 nitrogen and oxygen atoms in total. The number of halogens is 4. The van der Waals surface area contributed by atoms with Crippen LogP contribution >= 0.6 is 11.6 Å². The van der Waals surface area contributed by atoms with Crippen molar-refractivity contribution in [1.29, 1.82) is 0 Å². The van der Waals surface area contributed by atoms with Gasteiger partial charge in [-0.05, 0) is 19.1 Å². The van der Waals surface area contributed by atoms with E-state index in [2.05, 4.69) is 20.1 Å². The predicted octanol–water partition coefficient (Wildman–Crippen LogP) is 3.48. The molecule has 0 aliphatic carbocycles. The van der Waals surface area contributed by atoms with Crippen molar-refractivity contribution in [3.8, 4) is 11.6 Å². The summed E-state index contributed by atoms with van der Waals surface area (Å²) < 4.78 is 51.5. The molecule has 1 atom stereocenters. The van der Waals surface area contributed by atoms with Crippen molar-refractivity contribution >= 4 is 23.6 Å². The van der Waals surface area contributed by atoms with Crippen LogP contribution in [0.4, 0.5) is 18.0 Å². The van der Waals surface area contributed by atoms with Gasteiger partial charge in [-0.2, -0.15) is 23.0 Å². The topological polar surface area (TPSA) is 100 Å². The van der Waals surface area contributed by atoms with Crippen molar-refractivity contribution in [3.63, 3.8) is 0 Å². The van der Waals surface area contributed by atoms with Crippen LogP contribution in [0.1, 0.15) is 18.3 Å². The van der Waals surface area contributed by atoms with Crippen LogP contribution in [-0.4, -0.2) is 51.1 Å². The van der Waals surface area contributed by atoms with Crippen LogP contribution in [0.25, 0.3) is 5.69 Å². The van der Waals surface area contributed by atoms with Gasteiger partial charge in [0.2, 0.25) is 5.88 Å². The fourth-order valence-corrected chi connectivity index (χ4v) is 3.11. The van der Waals surface area contributed by atoms with Crippen molar-refractivity contribution in [2.45, 2.75) is 25.6 Å². The Morgan fingerprint density at radius 3 is 2.67 bits per heavy atom. The molecule has 3 aromatic rings. The molecule has 13 heteroatoms. The number of hydrogen-bond donors (Lipinski definition) is 1. The molecule has 1 amide bonds. The van der Waals surface area contributed by atoms with Crippen molar-refractivity contribution in [2.75, 3.05) is 13.7 Å². The smallest absolute Gasteiger partial charge is 0.435 e. The number of amides is 1. The number of nitrogens with zero attached hydrogens (tertiary/aromatic N) is 4. The Kier molecular flexibility index (Phi) is 7.26. The molecule has 0 spiro atoms. The van der Waals surface area contributed by atoms with Crippen LogP contribution in [0, 0.1) is 0 Å². The van der Waals surface area contributed by atoms with Crippen LogP contribution in [0.3, 0.4) is 0 Å². The first kappa shape index (κ1) is 24.1. The van der Waals surface area contributed by atoms with Crippen LogP contribution < -0.4 is 10.1 Å². The van der Waals surface area contributed by atoms with Gasteiger partial charge in [0.1, 0.15) is 6.33 Å². The van der Waals surface area contributed by atoms with Crippen molar-refractivity contribution in [2.24, 2.45) is 0 Å². The molecular weight excluding hydrogens is 467 g/mol. The summed E-state index contributed by atoms with van der Waals surface area (Å²) >= 11 is 6.08. The van der Waals surface area contributed by atoms with Gasteiger partial charge >= 0.3 is 12.3 Å². The van der Waals surface area contributed by atoms with Gasteiger partial charge in [-0.3, -0.25) is 4.79 Å². The largest absolute Gasteiger partial charge is 0.467 e. The number of hydrogen-bond acceptors (Lipinski definition) is 6. The zero-order valence-electron chi connectivity index (χ0n) is 17.5. The number of nitrogens with one attached hydrogen (secondary N) is 1. The summed E-state index contributed by atoms with van der Waals surface area (Å²) in [5.74, 6) is -0.870. The number of para-hydroxylation sites is 1. The summed E-state index contributed by atoms with van der Waals surface area (Å²) in [5, 5.41) is 6.34. The van der Waals surface area contributed by atoms with Crippen molar-refractivity contribution in [1.82, 2.24) is 24.6 Å². The van der Waals surface area contributed by atoms with Gasteiger partial charge < -0.3 is 14.8 Å². The van der Waals surface area contributed by atoms with Gasteiger partial charge in [-0.25, -0.2) is 14.3 Å². The van der Waals surface area contributed by atoms with E-state index in [4.69, 9.17) is 16.3 Å². The fourth-order valence-electron chi connectivity index (χ4n) is 2.90. The molecule has 0 radical (unpaired) electrons. The van der Waals surface area contributed by atoms with Gasteiger partial charge in [0.25, 0.3) is 5.91 Å². The summed E-state index contributed by atoms with van der Waals surface area (Å²) in [6.45, 7) is 1.14. The lowest BCUT2D eigenvalue weighted by Crippen LogP contribution is -2.37. The van der Waals surface area contributed by atoms with Crippen LogP contribution in [-0.2, 0) is 22.1 Å². The molecule has 3 rings (SSSR count). The molecule has 0 fully saturated rings. The monoisotopic (exact) mass is 485 g/mol. The Hall–Kier alpha value is -3.54. The van der Waals surface area contributed by atoms with Gasteiger partial charge in [-0.15, -0.1) is 0 Å². The van der Waals surface area contributed by atoms with E-state index in [-0.39, 0.29) is 16.6 Å². The number of carbonyl (C=O) groups is 2. The minimum atomic E-state index is -4.71. The number of alkyl halides is 3. The number of ether oxygens (including phenoxy) is 2. The molecule has 2 aromatic heterocycles. The lowest BCUT2D eigenvalue weighted by atomic mass is 10.2. The molecule has 0 saturated heterocycles. The van der Waals surface area contributed by atoms with E-state index in [1.807, 2.05) is 0 Å². The summed E-state index contributed by atoms with van der Waals surface area (Å²) in [7, 11) is 1.24. The third-order valence-corrected chi connectivity index (χ3v) is 4.66.